The summed E-state index contributed by atoms with van der Waals surface area (Å²) in [5.74, 6) is -1.67. The highest BCUT2D eigenvalue weighted by Crippen LogP contribution is 2.20. The predicted molar refractivity (Wildman–Crippen MR) is 74.6 cm³/mol. The summed E-state index contributed by atoms with van der Waals surface area (Å²) in [6.07, 6.45) is 4.37. The van der Waals surface area contributed by atoms with Gasteiger partial charge in [0.2, 0.25) is 0 Å². The first-order valence-electron chi connectivity index (χ1n) is 7.02. The average molecular weight is 307 g/mol. The zero-order valence-corrected chi connectivity index (χ0v) is 11.7. The number of nitrogens with zero attached hydrogens (tertiary/aromatic N) is 3. The van der Waals surface area contributed by atoms with Crippen molar-refractivity contribution < 1.29 is 18.7 Å². The van der Waals surface area contributed by atoms with Crippen LogP contribution in [0.15, 0.2) is 30.6 Å². The van der Waals surface area contributed by atoms with Crippen LogP contribution in [0.3, 0.4) is 0 Å². The minimum Gasteiger partial charge on any atom is -0.394 e. The van der Waals surface area contributed by atoms with Gasteiger partial charge in [0, 0.05) is 18.8 Å². The van der Waals surface area contributed by atoms with E-state index in [2.05, 4.69) is 5.10 Å². The lowest BCUT2D eigenvalue weighted by Crippen LogP contribution is -2.37. The van der Waals surface area contributed by atoms with Crippen LogP contribution in [0.1, 0.15) is 23.2 Å². The largest absolute Gasteiger partial charge is 0.394 e. The van der Waals surface area contributed by atoms with Gasteiger partial charge in [0.15, 0.2) is 5.82 Å². The second-order valence-corrected chi connectivity index (χ2v) is 5.25. The summed E-state index contributed by atoms with van der Waals surface area (Å²) in [5.41, 5.74) is 0.379. The Morgan fingerprint density at radius 3 is 2.95 bits per heavy atom. The number of rotatable bonds is 3. The first-order valence-corrected chi connectivity index (χ1v) is 7.02. The van der Waals surface area contributed by atoms with Crippen molar-refractivity contribution in [2.24, 2.45) is 0 Å². The van der Waals surface area contributed by atoms with Gasteiger partial charge in [0.25, 0.3) is 5.91 Å². The van der Waals surface area contributed by atoms with Gasteiger partial charge in [-0.2, -0.15) is 5.10 Å². The SMILES string of the molecule is O=C(c1cnn(-c2ccc(F)cc2F)c1)N1CCCC1CO. The number of halogens is 2. The zero-order chi connectivity index (χ0) is 15.7. The number of aliphatic hydroxyl groups is 1. The molecule has 0 aliphatic carbocycles. The molecular formula is C15H15F2N3O2. The average Bonchev–Trinajstić information content (AvgIpc) is 3.15. The van der Waals surface area contributed by atoms with Gasteiger partial charge in [-0.3, -0.25) is 4.79 Å². The number of aromatic nitrogens is 2. The van der Waals surface area contributed by atoms with Gasteiger partial charge < -0.3 is 10.0 Å². The monoisotopic (exact) mass is 307 g/mol. The van der Waals surface area contributed by atoms with Gasteiger partial charge in [-0.25, -0.2) is 13.5 Å². The Labute approximate surface area is 125 Å². The van der Waals surface area contributed by atoms with Crippen LogP contribution in [0.25, 0.3) is 5.69 Å². The fraction of sp³-hybridized carbons (Fsp3) is 0.333. The molecule has 1 aliphatic heterocycles. The van der Waals surface area contributed by atoms with Crippen LogP contribution >= 0.6 is 0 Å². The highest BCUT2D eigenvalue weighted by Gasteiger charge is 2.29. The van der Waals surface area contributed by atoms with Crippen molar-refractivity contribution in [2.75, 3.05) is 13.2 Å². The molecule has 1 N–H and O–H groups in total. The molecule has 2 aromatic rings. The van der Waals surface area contributed by atoms with Gasteiger partial charge in [0.05, 0.1) is 24.4 Å². The van der Waals surface area contributed by atoms with Crippen LogP contribution in [0.4, 0.5) is 8.78 Å². The van der Waals surface area contributed by atoms with Crippen LogP contribution < -0.4 is 0 Å². The number of hydrogen-bond acceptors (Lipinski definition) is 3. The molecular weight excluding hydrogens is 292 g/mol. The number of carbonyl (C=O) groups excluding carboxylic acids is 1. The molecule has 22 heavy (non-hydrogen) atoms. The first kappa shape index (κ1) is 14.6. The predicted octanol–water partition coefficient (Wildman–Crippen LogP) is 1.75. The normalized spacial score (nSPS) is 18.0. The number of aliphatic hydroxyl groups excluding tert-OH is 1. The molecule has 116 valence electrons. The Kier molecular flexibility index (Phi) is 3.89. The molecule has 1 unspecified atom stereocenters. The standard InChI is InChI=1S/C15H15F2N3O2/c16-11-3-4-14(13(17)6-11)20-8-10(7-18-20)15(22)19-5-1-2-12(19)9-21/h3-4,6-8,12,21H,1-2,5,9H2. The van der Waals surface area contributed by atoms with E-state index in [9.17, 15) is 18.7 Å². The molecule has 1 aromatic carbocycles. The van der Waals surface area contributed by atoms with E-state index in [0.29, 0.717) is 12.1 Å². The maximum atomic E-state index is 13.7. The third-order valence-electron chi connectivity index (χ3n) is 3.83. The number of amides is 1. The summed E-state index contributed by atoms with van der Waals surface area (Å²) in [4.78, 5) is 14.0. The molecule has 1 amide bonds. The molecule has 7 heteroatoms. The molecule has 1 saturated heterocycles. The lowest BCUT2D eigenvalue weighted by atomic mass is 10.2. The topological polar surface area (TPSA) is 58.4 Å². The van der Waals surface area contributed by atoms with Crippen molar-refractivity contribution in [3.8, 4) is 5.69 Å². The molecule has 1 atom stereocenters. The molecule has 1 aliphatic rings. The van der Waals surface area contributed by atoms with E-state index in [1.165, 1.54) is 23.1 Å². The van der Waals surface area contributed by atoms with E-state index in [-0.39, 0.29) is 24.2 Å². The third-order valence-corrected chi connectivity index (χ3v) is 3.83. The highest BCUT2D eigenvalue weighted by atomic mass is 19.1. The van der Waals surface area contributed by atoms with Crippen LogP contribution in [-0.2, 0) is 0 Å². The summed E-state index contributed by atoms with van der Waals surface area (Å²) in [5, 5.41) is 13.2. The maximum absolute atomic E-state index is 13.7. The molecule has 0 radical (unpaired) electrons. The quantitative estimate of drug-likeness (QED) is 0.940. The maximum Gasteiger partial charge on any atom is 0.257 e. The van der Waals surface area contributed by atoms with Crippen LogP contribution in [0.5, 0.6) is 0 Å². The van der Waals surface area contributed by atoms with Crippen molar-refractivity contribution in [3.05, 3.63) is 47.8 Å². The summed E-state index contributed by atoms with van der Waals surface area (Å²) in [7, 11) is 0. The minimum absolute atomic E-state index is 0.0700. The fourth-order valence-corrected chi connectivity index (χ4v) is 2.69. The molecule has 5 nitrogen and oxygen atoms in total. The lowest BCUT2D eigenvalue weighted by molar-refractivity contribution is 0.0677. The number of carbonyl (C=O) groups is 1. The van der Waals surface area contributed by atoms with E-state index in [4.69, 9.17) is 0 Å². The smallest absolute Gasteiger partial charge is 0.257 e. The highest BCUT2D eigenvalue weighted by molar-refractivity contribution is 5.94. The summed E-state index contributed by atoms with van der Waals surface area (Å²) in [6, 6.07) is 2.97. The Hall–Kier alpha value is -2.28. The summed E-state index contributed by atoms with van der Waals surface area (Å²) >= 11 is 0. The van der Waals surface area contributed by atoms with Crippen molar-refractivity contribution in [1.29, 1.82) is 0 Å². The van der Waals surface area contributed by atoms with E-state index >= 15 is 0 Å². The Morgan fingerprint density at radius 2 is 2.23 bits per heavy atom. The second-order valence-electron chi connectivity index (χ2n) is 5.25. The van der Waals surface area contributed by atoms with Gasteiger partial charge in [0.1, 0.15) is 11.5 Å². The number of benzene rings is 1. The lowest BCUT2D eigenvalue weighted by Gasteiger charge is -2.22. The zero-order valence-electron chi connectivity index (χ0n) is 11.7. The summed E-state index contributed by atoms with van der Waals surface area (Å²) < 4.78 is 27.9. The molecule has 1 fully saturated rings. The number of likely N-dealkylation sites (tertiary alicyclic amines) is 1. The van der Waals surface area contributed by atoms with E-state index in [1.807, 2.05) is 0 Å². The number of hydrogen-bond donors (Lipinski definition) is 1. The molecule has 3 rings (SSSR count). The van der Waals surface area contributed by atoms with Crippen molar-refractivity contribution in [3.63, 3.8) is 0 Å². The summed E-state index contributed by atoms with van der Waals surface area (Å²) in [6.45, 7) is 0.507. The second kappa shape index (κ2) is 5.84. The Balaban J connectivity index is 1.86. The fourth-order valence-electron chi connectivity index (χ4n) is 2.69. The van der Waals surface area contributed by atoms with E-state index < -0.39 is 11.6 Å². The van der Waals surface area contributed by atoms with Crippen molar-refractivity contribution in [2.45, 2.75) is 18.9 Å². The van der Waals surface area contributed by atoms with Gasteiger partial charge in [-0.05, 0) is 25.0 Å². The minimum atomic E-state index is -0.753. The van der Waals surface area contributed by atoms with Gasteiger partial charge in [-0.1, -0.05) is 0 Å². The van der Waals surface area contributed by atoms with Gasteiger partial charge in [-0.15, -0.1) is 0 Å². The Morgan fingerprint density at radius 1 is 1.41 bits per heavy atom. The molecule has 2 heterocycles. The van der Waals surface area contributed by atoms with Gasteiger partial charge >= 0.3 is 0 Å². The van der Waals surface area contributed by atoms with Crippen LogP contribution in [-0.4, -0.2) is 44.9 Å². The van der Waals surface area contributed by atoms with Crippen LogP contribution in [0, 0.1) is 11.6 Å². The molecule has 0 bridgehead atoms. The van der Waals surface area contributed by atoms with E-state index in [1.54, 1.807) is 4.90 Å². The molecule has 0 saturated carbocycles. The first-order chi connectivity index (χ1) is 10.6. The molecule has 0 spiro atoms. The molecule has 1 aromatic heterocycles. The third kappa shape index (κ3) is 2.59. The van der Waals surface area contributed by atoms with Crippen molar-refractivity contribution >= 4 is 5.91 Å². The van der Waals surface area contributed by atoms with Crippen molar-refractivity contribution in [1.82, 2.24) is 14.7 Å². The Bertz CT molecular complexity index is 702. The van der Waals surface area contributed by atoms with Crippen LogP contribution in [0.2, 0.25) is 0 Å². The van der Waals surface area contributed by atoms with E-state index in [0.717, 1.165) is 25.0 Å².